The normalized spacial score (nSPS) is 18.1. The Balaban J connectivity index is 1.67. The van der Waals surface area contributed by atoms with Gasteiger partial charge in [-0.2, -0.15) is 0 Å². The molecule has 1 saturated heterocycles. The summed E-state index contributed by atoms with van der Waals surface area (Å²) in [5, 5.41) is 10.3. The predicted octanol–water partition coefficient (Wildman–Crippen LogP) is 2.71. The largest absolute Gasteiger partial charge is 0.491 e. The molecular formula is C20H34N2O2. The van der Waals surface area contributed by atoms with Gasteiger partial charge in [-0.25, -0.2) is 0 Å². The van der Waals surface area contributed by atoms with Crippen LogP contribution in [0.15, 0.2) is 18.2 Å². The first-order valence-electron chi connectivity index (χ1n) is 9.18. The fourth-order valence-electron chi connectivity index (χ4n) is 3.46. The van der Waals surface area contributed by atoms with Crippen molar-refractivity contribution in [2.45, 2.75) is 39.2 Å². The van der Waals surface area contributed by atoms with E-state index in [0.29, 0.717) is 13.2 Å². The molecule has 4 nitrogen and oxygen atoms in total. The number of aliphatic hydroxyl groups excluding tert-OH is 1. The lowest BCUT2D eigenvalue weighted by Crippen LogP contribution is -2.41. The van der Waals surface area contributed by atoms with E-state index in [0.717, 1.165) is 24.8 Å². The Bertz CT molecular complexity index is 476. The summed E-state index contributed by atoms with van der Waals surface area (Å²) in [4.78, 5) is 4.64. The molecule has 4 heteroatoms. The van der Waals surface area contributed by atoms with E-state index in [-0.39, 0.29) is 0 Å². The summed E-state index contributed by atoms with van der Waals surface area (Å²) < 4.78 is 5.77. The van der Waals surface area contributed by atoms with Crippen LogP contribution in [-0.2, 0) is 0 Å². The number of nitrogens with zero attached hydrogens (tertiary/aromatic N) is 2. The quantitative estimate of drug-likeness (QED) is 0.793. The summed E-state index contributed by atoms with van der Waals surface area (Å²) in [7, 11) is 4.28. The average Bonchev–Trinajstić information content (AvgIpc) is 2.51. The molecule has 0 aliphatic carbocycles. The zero-order valence-corrected chi connectivity index (χ0v) is 15.8. The van der Waals surface area contributed by atoms with E-state index in [9.17, 15) is 5.11 Å². The molecule has 136 valence electrons. The molecule has 2 rings (SSSR count). The third-order valence-electron chi connectivity index (χ3n) is 4.80. The van der Waals surface area contributed by atoms with Crippen molar-refractivity contribution in [2.75, 3.05) is 46.9 Å². The molecule has 0 saturated carbocycles. The zero-order chi connectivity index (χ0) is 17.5. The van der Waals surface area contributed by atoms with Crippen LogP contribution >= 0.6 is 0 Å². The molecule has 1 aromatic carbocycles. The topological polar surface area (TPSA) is 35.9 Å². The molecule has 0 bridgehead atoms. The van der Waals surface area contributed by atoms with E-state index in [2.05, 4.69) is 43.8 Å². The summed E-state index contributed by atoms with van der Waals surface area (Å²) in [6, 6.07) is 6.18. The Labute approximate surface area is 147 Å². The molecule has 0 amide bonds. The Morgan fingerprint density at radius 2 is 1.79 bits per heavy atom. The van der Waals surface area contributed by atoms with Gasteiger partial charge in [0.2, 0.25) is 0 Å². The van der Waals surface area contributed by atoms with Gasteiger partial charge in [0.15, 0.2) is 0 Å². The van der Waals surface area contributed by atoms with Gasteiger partial charge in [-0.3, -0.25) is 0 Å². The van der Waals surface area contributed by atoms with E-state index < -0.39 is 6.10 Å². The average molecular weight is 335 g/mol. The third-order valence-corrected chi connectivity index (χ3v) is 4.80. The number of aliphatic hydroxyl groups is 1. The molecule has 1 fully saturated rings. The molecule has 1 aliphatic heterocycles. The predicted molar refractivity (Wildman–Crippen MR) is 99.8 cm³/mol. The monoisotopic (exact) mass is 334 g/mol. The highest BCUT2D eigenvalue weighted by Crippen LogP contribution is 2.21. The molecule has 24 heavy (non-hydrogen) atoms. The second kappa shape index (κ2) is 9.40. The zero-order valence-electron chi connectivity index (χ0n) is 15.8. The minimum atomic E-state index is -0.427. The molecule has 1 aliphatic rings. The van der Waals surface area contributed by atoms with Gasteiger partial charge in [0.1, 0.15) is 18.5 Å². The summed E-state index contributed by atoms with van der Waals surface area (Å²) in [5.74, 6) is 1.70. The molecule has 0 spiro atoms. The van der Waals surface area contributed by atoms with Crippen LogP contribution in [0.3, 0.4) is 0 Å². The van der Waals surface area contributed by atoms with Gasteiger partial charge in [0.25, 0.3) is 0 Å². The van der Waals surface area contributed by atoms with Crippen molar-refractivity contribution in [3.63, 3.8) is 0 Å². The van der Waals surface area contributed by atoms with Crippen LogP contribution in [-0.4, -0.2) is 67.9 Å². The highest BCUT2D eigenvalue weighted by molar-refractivity contribution is 5.32. The first-order chi connectivity index (χ1) is 11.4. The van der Waals surface area contributed by atoms with E-state index in [1.165, 1.54) is 36.9 Å². The second-order valence-corrected chi connectivity index (χ2v) is 7.62. The molecule has 1 unspecified atom stereocenters. The Morgan fingerprint density at radius 1 is 1.17 bits per heavy atom. The smallest absolute Gasteiger partial charge is 0.119 e. The molecule has 0 aromatic heterocycles. The maximum atomic E-state index is 10.3. The van der Waals surface area contributed by atoms with Crippen LogP contribution in [0.5, 0.6) is 5.75 Å². The van der Waals surface area contributed by atoms with Crippen molar-refractivity contribution in [3.8, 4) is 5.75 Å². The summed E-state index contributed by atoms with van der Waals surface area (Å²) >= 11 is 0. The van der Waals surface area contributed by atoms with Crippen LogP contribution in [0.25, 0.3) is 0 Å². The maximum Gasteiger partial charge on any atom is 0.119 e. The van der Waals surface area contributed by atoms with Crippen molar-refractivity contribution in [1.82, 2.24) is 9.80 Å². The highest BCUT2D eigenvalue weighted by Gasteiger charge is 2.21. The fraction of sp³-hybridized carbons (Fsp3) is 0.700. The minimum absolute atomic E-state index is 0.365. The first-order valence-corrected chi connectivity index (χ1v) is 9.18. The van der Waals surface area contributed by atoms with Gasteiger partial charge in [0.05, 0.1) is 0 Å². The Kier molecular flexibility index (Phi) is 7.53. The van der Waals surface area contributed by atoms with Crippen molar-refractivity contribution < 1.29 is 9.84 Å². The number of benzene rings is 1. The number of ether oxygens (including phenoxy) is 1. The summed E-state index contributed by atoms with van der Waals surface area (Å²) in [6.45, 7) is 8.58. The van der Waals surface area contributed by atoms with Crippen molar-refractivity contribution in [2.24, 2.45) is 5.92 Å². The van der Waals surface area contributed by atoms with Crippen LogP contribution in [0.4, 0.5) is 0 Å². The number of hydrogen-bond donors (Lipinski definition) is 1. The van der Waals surface area contributed by atoms with Gasteiger partial charge >= 0.3 is 0 Å². The summed E-state index contributed by atoms with van der Waals surface area (Å²) in [6.07, 6.45) is 3.36. The van der Waals surface area contributed by atoms with E-state index in [4.69, 9.17) is 4.74 Å². The molecule has 0 radical (unpaired) electrons. The molecular weight excluding hydrogens is 300 g/mol. The minimum Gasteiger partial charge on any atom is -0.491 e. The van der Waals surface area contributed by atoms with Gasteiger partial charge in [-0.15, -0.1) is 0 Å². The van der Waals surface area contributed by atoms with Crippen LogP contribution < -0.4 is 4.74 Å². The van der Waals surface area contributed by atoms with Crippen LogP contribution in [0.1, 0.15) is 30.4 Å². The number of piperidine rings is 1. The lowest BCUT2D eigenvalue weighted by atomic mass is 9.93. The fourth-order valence-corrected chi connectivity index (χ4v) is 3.46. The van der Waals surface area contributed by atoms with Crippen molar-refractivity contribution in [3.05, 3.63) is 29.3 Å². The number of rotatable bonds is 8. The number of β-amino-alcohol motifs (C(OH)–C–C–N with tert-alkyl or cyclic N) is 1. The maximum absolute atomic E-state index is 10.3. The lowest BCUT2D eigenvalue weighted by Gasteiger charge is -2.33. The van der Waals surface area contributed by atoms with E-state index in [1.54, 1.807) is 0 Å². The SMILES string of the molecule is Cc1cc(C)cc(OCC(O)CN2CCC(CCN(C)C)CC2)c1. The Hall–Kier alpha value is -1.10. The standard InChI is InChI=1S/C20H34N2O2/c1-16-11-17(2)13-20(12-16)24-15-19(23)14-22-9-6-18(7-10-22)5-8-21(3)4/h11-13,18-19,23H,5-10,14-15H2,1-4H3. The summed E-state index contributed by atoms with van der Waals surface area (Å²) in [5.41, 5.74) is 2.39. The molecule has 1 aromatic rings. The number of likely N-dealkylation sites (tertiary alicyclic amines) is 1. The van der Waals surface area contributed by atoms with Crippen molar-refractivity contribution in [1.29, 1.82) is 0 Å². The van der Waals surface area contributed by atoms with Gasteiger partial charge in [-0.1, -0.05) is 6.07 Å². The van der Waals surface area contributed by atoms with Crippen molar-refractivity contribution >= 4 is 0 Å². The van der Waals surface area contributed by atoms with Gasteiger partial charge in [-0.05, 0) is 96.0 Å². The molecule has 1 atom stereocenters. The van der Waals surface area contributed by atoms with Crippen LogP contribution in [0.2, 0.25) is 0 Å². The number of aryl methyl sites for hydroxylation is 2. The van der Waals surface area contributed by atoms with E-state index >= 15 is 0 Å². The van der Waals surface area contributed by atoms with Gasteiger partial charge in [0, 0.05) is 6.54 Å². The molecule has 1 N–H and O–H groups in total. The Morgan fingerprint density at radius 3 is 2.38 bits per heavy atom. The lowest BCUT2D eigenvalue weighted by molar-refractivity contribution is 0.0538. The molecule has 1 heterocycles. The third kappa shape index (κ3) is 6.80. The van der Waals surface area contributed by atoms with Gasteiger partial charge < -0.3 is 19.6 Å². The number of hydrogen-bond acceptors (Lipinski definition) is 4. The van der Waals surface area contributed by atoms with Crippen LogP contribution in [0, 0.1) is 19.8 Å². The van der Waals surface area contributed by atoms with E-state index in [1.807, 2.05) is 12.1 Å². The highest BCUT2D eigenvalue weighted by atomic mass is 16.5. The first kappa shape index (κ1) is 19.2. The second-order valence-electron chi connectivity index (χ2n) is 7.62.